The number of aryl methyl sites for hydroxylation is 2. The molecule has 3 aromatic carbocycles. The van der Waals surface area contributed by atoms with Crippen LogP contribution in [0.1, 0.15) is 11.1 Å². The molecule has 0 spiro atoms. The summed E-state index contributed by atoms with van der Waals surface area (Å²) in [6.45, 7) is 3.99. The highest BCUT2D eigenvalue weighted by Crippen LogP contribution is 2.26. The maximum atomic E-state index is 13.4. The fourth-order valence-electron chi connectivity index (χ4n) is 3.73. The van der Waals surface area contributed by atoms with Gasteiger partial charge in [0.1, 0.15) is 0 Å². The number of nitrogens with zero attached hydrogens (tertiary/aromatic N) is 3. The van der Waals surface area contributed by atoms with Crippen molar-refractivity contribution in [1.29, 1.82) is 0 Å². The van der Waals surface area contributed by atoms with Crippen molar-refractivity contribution in [2.45, 2.75) is 19.0 Å². The van der Waals surface area contributed by atoms with E-state index in [1.54, 1.807) is 10.6 Å². The van der Waals surface area contributed by atoms with E-state index in [1.807, 2.05) is 68.4 Å². The minimum atomic E-state index is -0.201. The number of fused-ring (bicyclic) bond motifs is 2. The molecule has 1 amide bonds. The van der Waals surface area contributed by atoms with E-state index in [1.165, 1.54) is 23.1 Å². The second kappa shape index (κ2) is 8.80. The minimum absolute atomic E-state index is 0.103. The smallest absolute Gasteiger partial charge is 0.266 e. The molecule has 6 nitrogen and oxygen atoms in total. The zero-order chi connectivity index (χ0) is 22.9. The van der Waals surface area contributed by atoms with Crippen molar-refractivity contribution < 1.29 is 4.79 Å². The lowest BCUT2D eigenvalue weighted by Gasteiger charge is -2.14. The van der Waals surface area contributed by atoms with Crippen molar-refractivity contribution in [3.05, 3.63) is 88.2 Å². The van der Waals surface area contributed by atoms with Gasteiger partial charge in [0.15, 0.2) is 10.3 Å². The summed E-state index contributed by atoms with van der Waals surface area (Å²) >= 11 is 2.67. The first-order valence-corrected chi connectivity index (χ1v) is 12.2. The lowest BCUT2D eigenvalue weighted by molar-refractivity contribution is -0.113. The SMILES string of the molecule is Cc1cc(C)cc(-n2c(SCC(=O)Nc3nc4ccccc4s3)nc3ccccc3c2=O)c1. The summed E-state index contributed by atoms with van der Waals surface area (Å²) in [5.74, 6) is -0.0978. The predicted octanol–water partition coefficient (Wildman–Crippen LogP) is 5.34. The normalized spacial score (nSPS) is 11.2. The summed E-state index contributed by atoms with van der Waals surface area (Å²) in [5, 5.41) is 4.44. The van der Waals surface area contributed by atoms with E-state index in [4.69, 9.17) is 4.98 Å². The van der Waals surface area contributed by atoms with Crippen LogP contribution in [0.5, 0.6) is 0 Å². The third-order valence-electron chi connectivity index (χ3n) is 5.08. The van der Waals surface area contributed by atoms with Crippen molar-refractivity contribution in [1.82, 2.24) is 14.5 Å². The highest BCUT2D eigenvalue weighted by molar-refractivity contribution is 7.99. The number of aromatic nitrogens is 3. The molecule has 0 radical (unpaired) electrons. The van der Waals surface area contributed by atoms with E-state index >= 15 is 0 Å². The van der Waals surface area contributed by atoms with Crippen molar-refractivity contribution in [3.63, 3.8) is 0 Å². The van der Waals surface area contributed by atoms with Crippen LogP contribution >= 0.6 is 23.1 Å². The molecule has 5 aromatic rings. The lowest BCUT2D eigenvalue weighted by Crippen LogP contribution is -2.23. The zero-order valence-corrected chi connectivity index (χ0v) is 19.7. The zero-order valence-electron chi connectivity index (χ0n) is 18.0. The quantitative estimate of drug-likeness (QED) is 0.276. The Labute approximate surface area is 198 Å². The summed E-state index contributed by atoms with van der Waals surface area (Å²) in [6.07, 6.45) is 0. The third-order valence-corrected chi connectivity index (χ3v) is 6.97. The standard InChI is InChI=1S/C25H20N4O2S2/c1-15-11-16(2)13-17(12-15)29-23(31)18-7-3-4-8-19(18)27-25(29)32-14-22(30)28-24-26-20-9-5-6-10-21(20)33-24/h3-13H,14H2,1-2H3,(H,26,28,30). The molecule has 33 heavy (non-hydrogen) atoms. The van der Waals surface area contributed by atoms with Gasteiger partial charge in [0, 0.05) is 0 Å². The minimum Gasteiger partial charge on any atom is -0.301 e. The second-order valence-corrected chi connectivity index (χ2v) is 9.69. The van der Waals surface area contributed by atoms with E-state index in [2.05, 4.69) is 16.4 Å². The maximum absolute atomic E-state index is 13.4. The summed E-state index contributed by atoms with van der Waals surface area (Å²) in [6, 6.07) is 21.0. The van der Waals surface area contributed by atoms with Crippen molar-refractivity contribution >= 4 is 55.3 Å². The molecule has 0 bridgehead atoms. The molecular formula is C25H20N4O2S2. The van der Waals surface area contributed by atoms with Crippen LogP contribution < -0.4 is 10.9 Å². The van der Waals surface area contributed by atoms with Gasteiger partial charge in [0.05, 0.1) is 32.6 Å². The summed E-state index contributed by atoms with van der Waals surface area (Å²) < 4.78 is 2.61. The number of anilines is 1. The van der Waals surface area contributed by atoms with Gasteiger partial charge < -0.3 is 5.32 Å². The van der Waals surface area contributed by atoms with Gasteiger partial charge in [-0.25, -0.2) is 9.97 Å². The van der Waals surface area contributed by atoms with Crippen LogP contribution in [0.15, 0.2) is 76.7 Å². The lowest BCUT2D eigenvalue weighted by atomic mass is 10.1. The summed E-state index contributed by atoms with van der Waals surface area (Å²) in [5.41, 5.74) is 4.15. The first kappa shape index (κ1) is 21.4. The number of hydrogen-bond acceptors (Lipinski definition) is 6. The van der Waals surface area contributed by atoms with Gasteiger partial charge in [-0.3, -0.25) is 14.2 Å². The Morgan fingerprint density at radius 2 is 1.67 bits per heavy atom. The Bertz CT molecular complexity index is 1520. The van der Waals surface area contributed by atoms with Gasteiger partial charge in [0.2, 0.25) is 5.91 Å². The molecule has 1 N–H and O–H groups in total. The van der Waals surface area contributed by atoms with Gasteiger partial charge in [-0.05, 0) is 61.4 Å². The van der Waals surface area contributed by atoms with E-state index < -0.39 is 0 Å². The Balaban J connectivity index is 1.47. The van der Waals surface area contributed by atoms with E-state index in [0.717, 1.165) is 27.0 Å². The number of para-hydroxylation sites is 2. The van der Waals surface area contributed by atoms with Crippen LogP contribution in [0.3, 0.4) is 0 Å². The number of thiazole rings is 1. The Morgan fingerprint density at radius 3 is 2.42 bits per heavy atom. The first-order valence-electron chi connectivity index (χ1n) is 10.4. The van der Waals surface area contributed by atoms with Crippen molar-refractivity contribution in [3.8, 4) is 5.69 Å². The number of nitrogens with one attached hydrogen (secondary N) is 1. The van der Waals surface area contributed by atoms with Crippen LogP contribution in [0.4, 0.5) is 5.13 Å². The molecule has 2 heterocycles. The fraction of sp³-hybridized carbons (Fsp3) is 0.120. The molecule has 0 atom stereocenters. The molecule has 0 fully saturated rings. The van der Waals surface area contributed by atoms with E-state index in [9.17, 15) is 9.59 Å². The van der Waals surface area contributed by atoms with Gasteiger partial charge in [-0.15, -0.1) is 0 Å². The van der Waals surface area contributed by atoms with Gasteiger partial charge in [-0.1, -0.05) is 53.4 Å². The molecular weight excluding hydrogens is 452 g/mol. The molecule has 0 aliphatic rings. The van der Waals surface area contributed by atoms with Gasteiger partial charge in [-0.2, -0.15) is 0 Å². The Kier molecular flexibility index (Phi) is 5.70. The molecule has 164 valence electrons. The molecule has 8 heteroatoms. The number of thioether (sulfide) groups is 1. The van der Waals surface area contributed by atoms with Crippen LogP contribution in [0.25, 0.3) is 26.8 Å². The molecule has 5 rings (SSSR count). The monoisotopic (exact) mass is 472 g/mol. The van der Waals surface area contributed by atoms with Gasteiger partial charge in [0.25, 0.3) is 5.56 Å². The molecule has 0 saturated heterocycles. The average Bonchev–Trinajstić information content (AvgIpc) is 3.19. The summed E-state index contributed by atoms with van der Waals surface area (Å²) in [4.78, 5) is 35.3. The first-order chi connectivity index (χ1) is 16.0. The number of rotatable bonds is 5. The van der Waals surface area contributed by atoms with Crippen molar-refractivity contribution in [2.75, 3.05) is 11.1 Å². The number of amides is 1. The van der Waals surface area contributed by atoms with E-state index in [0.29, 0.717) is 21.2 Å². The number of benzene rings is 3. The number of hydrogen-bond donors (Lipinski definition) is 1. The average molecular weight is 473 g/mol. The Morgan fingerprint density at radius 1 is 0.970 bits per heavy atom. The topological polar surface area (TPSA) is 76.9 Å². The second-order valence-electron chi connectivity index (χ2n) is 7.72. The van der Waals surface area contributed by atoms with Crippen LogP contribution in [0.2, 0.25) is 0 Å². The van der Waals surface area contributed by atoms with Crippen LogP contribution in [-0.4, -0.2) is 26.2 Å². The van der Waals surface area contributed by atoms with Gasteiger partial charge >= 0.3 is 0 Å². The number of carbonyl (C=O) groups excluding carboxylic acids is 1. The summed E-state index contributed by atoms with van der Waals surface area (Å²) in [7, 11) is 0. The van der Waals surface area contributed by atoms with Crippen molar-refractivity contribution in [2.24, 2.45) is 0 Å². The predicted molar refractivity (Wildman–Crippen MR) is 136 cm³/mol. The van der Waals surface area contributed by atoms with Crippen LogP contribution in [0, 0.1) is 13.8 Å². The van der Waals surface area contributed by atoms with E-state index in [-0.39, 0.29) is 17.2 Å². The molecule has 0 aliphatic heterocycles. The highest BCUT2D eigenvalue weighted by atomic mass is 32.2. The highest BCUT2D eigenvalue weighted by Gasteiger charge is 2.16. The largest absolute Gasteiger partial charge is 0.301 e. The fourth-order valence-corrected chi connectivity index (χ4v) is 5.42. The molecule has 0 saturated carbocycles. The molecule has 0 aliphatic carbocycles. The third kappa shape index (κ3) is 4.40. The Hall–Kier alpha value is -3.49. The molecule has 2 aromatic heterocycles. The number of carbonyl (C=O) groups is 1. The van der Waals surface area contributed by atoms with Crippen LogP contribution in [-0.2, 0) is 4.79 Å². The molecule has 0 unspecified atom stereocenters. The maximum Gasteiger partial charge on any atom is 0.266 e.